The van der Waals surface area contributed by atoms with Crippen molar-refractivity contribution in [3.05, 3.63) is 159 Å². The van der Waals surface area contributed by atoms with E-state index in [1.54, 1.807) is 16.7 Å². The molecule has 0 radical (unpaired) electrons. The van der Waals surface area contributed by atoms with Crippen molar-refractivity contribution < 1.29 is 4.42 Å². The number of benzene rings is 3. The van der Waals surface area contributed by atoms with Crippen molar-refractivity contribution in [2.75, 3.05) is 9.80 Å². The summed E-state index contributed by atoms with van der Waals surface area (Å²) in [5.74, 6) is 1.28. The van der Waals surface area contributed by atoms with Crippen molar-refractivity contribution in [3.8, 4) is 0 Å². The lowest BCUT2D eigenvalue weighted by molar-refractivity contribution is 0.188. The van der Waals surface area contributed by atoms with Gasteiger partial charge in [-0.3, -0.25) is 0 Å². The maximum absolute atomic E-state index is 7.83. The molecule has 15 rings (SSSR count). The molecular weight excluding hydrogens is 908 g/mol. The molecule has 2 aliphatic heterocycles. The molecule has 2 fully saturated rings. The van der Waals surface area contributed by atoms with Gasteiger partial charge in [0, 0.05) is 40.0 Å². The Balaban J connectivity index is 1.10. The predicted octanol–water partition coefficient (Wildman–Crippen LogP) is 17.5. The minimum Gasteiger partial charge on any atom is -0.468 e. The highest BCUT2D eigenvalue weighted by molar-refractivity contribution is 6.95. The molecule has 2 saturated carbocycles. The van der Waals surface area contributed by atoms with Crippen molar-refractivity contribution in [1.82, 2.24) is 0 Å². The monoisotopic (exact) mass is 991 g/mol. The van der Waals surface area contributed by atoms with Gasteiger partial charge in [-0.2, -0.15) is 0 Å². The molecule has 11 aliphatic rings. The molecular formula is C71H83BN2O. The number of hydrogen-bond donors (Lipinski definition) is 0. The van der Waals surface area contributed by atoms with Gasteiger partial charge in [-0.15, -0.1) is 0 Å². The van der Waals surface area contributed by atoms with Gasteiger partial charge in [0.2, 0.25) is 0 Å². The van der Waals surface area contributed by atoms with Gasteiger partial charge in [0.25, 0.3) is 6.71 Å². The van der Waals surface area contributed by atoms with Crippen LogP contribution in [-0.2, 0) is 21.7 Å². The van der Waals surface area contributed by atoms with Crippen LogP contribution in [0.1, 0.15) is 183 Å². The Bertz CT molecular complexity index is 3440. The van der Waals surface area contributed by atoms with Crippen LogP contribution in [0, 0.1) is 39.9 Å². The molecule has 386 valence electrons. The maximum Gasteiger partial charge on any atom is 0.296 e. The highest BCUT2D eigenvalue weighted by atomic mass is 16.3. The summed E-state index contributed by atoms with van der Waals surface area (Å²) in [5, 5.41) is 1.28. The molecule has 3 heterocycles. The summed E-state index contributed by atoms with van der Waals surface area (Å²) in [6.45, 7) is 34.9. The largest absolute Gasteiger partial charge is 0.468 e. The summed E-state index contributed by atoms with van der Waals surface area (Å²) in [6.07, 6.45) is 38.1. The minimum atomic E-state index is -0.0627. The number of hydrogen-bond acceptors (Lipinski definition) is 3. The standard InChI is InChI=1S/C71H83BN2O/c1-42-34-51-53(69(11,12)29-28-67(51,7)8)40-57(42)74-58-37-45(65(2,3)4)22-25-56(58)72-62-59(35-44(36-60(62)74)48-21-17-19-43-18-15-16-20-47(43)48)73(46-23-24-50-52(38-46)68(9,10)27-26-66(50,5)6)63-49-39-54-55(41-61(49)75-64(63)72)71(14)32-30-70(54,13)31-33-71/h15-25,34-36,38-43,45,47,57H,26-33,37H2,1-14H3. The van der Waals surface area contributed by atoms with E-state index >= 15 is 0 Å². The summed E-state index contributed by atoms with van der Waals surface area (Å²) < 4.78 is 7.83. The van der Waals surface area contributed by atoms with Crippen molar-refractivity contribution >= 4 is 57.1 Å². The first-order valence-electron chi connectivity index (χ1n) is 29.5. The molecule has 4 aromatic rings. The molecule has 9 aliphatic carbocycles. The molecule has 0 amide bonds. The van der Waals surface area contributed by atoms with Crippen LogP contribution in [0.5, 0.6) is 0 Å². The van der Waals surface area contributed by atoms with Crippen molar-refractivity contribution in [2.24, 2.45) is 39.9 Å². The van der Waals surface area contributed by atoms with E-state index in [-0.39, 0.29) is 56.6 Å². The van der Waals surface area contributed by atoms with Gasteiger partial charge in [0.15, 0.2) is 0 Å². The van der Waals surface area contributed by atoms with E-state index < -0.39 is 0 Å². The van der Waals surface area contributed by atoms with E-state index in [0.29, 0.717) is 17.8 Å². The molecule has 2 bridgehead atoms. The molecule has 0 saturated heterocycles. The number of anilines is 4. The number of fused-ring (bicyclic) bond motifs is 10. The van der Waals surface area contributed by atoms with Crippen molar-refractivity contribution in [2.45, 2.75) is 182 Å². The first-order chi connectivity index (χ1) is 35.4. The summed E-state index contributed by atoms with van der Waals surface area (Å²) in [6, 6.07) is 18.3. The van der Waals surface area contributed by atoms with Gasteiger partial charge in [-0.05, 0) is 199 Å². The normalized spacial score (nSPS) is 31.7. The van der Waals surface area contributed by atoms with Gasteiger partial charge in [0.1, 0.15) is 5.58 Å². The van der Waals surface area contributed by atoms with E-state index in [9.17, 15) is 0 Å². The van der Waals surface area contributed by atoms with Gasteiger partial charge < -0.3 is 14.2 Å². The zero-order valence-corrected chi connectivity index (χ0v) is 48.0. The Morgan fingerprint density at radius 1 is 0.627 bits per heavy atom. The van der Waals surface area contributed by atoms with Gasteiger partial charge in [-0.25, -0.2) is 0 Å². The summed E-state index contributed by atoms with van der Waals surface area (Å²) in [5.41, 5.74) is 24.5. The van der Waals surface area contributed by atoms with Crippen LogP contribution in [0.15, 0.2) is 136 Å². The first kappa shape index (κ1) is 48.2. The third-order valence-electron chi connectivity index (χ3n) is 22.3. The average Bonchev–Trinajstić information content (AvgIpc) is 3.74. The zero-order chi connectivity index (χ0) is 52.3. The highest BCUT2D eigenvalue weighted by Gasteiger charge is 2.54. The van der Waals surface area contributed by atoms with E-state index in [1.807, 2.05) is 0 Å². The Labute approximate surface area is 450 Å². The third kappa shape index (κ3) is 6.84. The fourth-order valence-electron chi connectivity index (χ4n) is 16.8. The Kier molecular flexibility index (Phi) is 9.96. The van der Waals surface area contributed by atoms with Crippen LogP contribution >= 0.6 is 0 Å². The molecule has 1 aromatic heterocycles. The van der Waals surface area contributed by atoms with E-state index in [4.69, 9.17) is 4.42 Å². The first-order valence-corrected chi connectivity index (χ1v) is 29.5. The Morgan fingerprint density at radius 3 is 1.96 bits per heavy atom. The topological polar surface area (TPSA) is 19.6 Å². The second-order valence-electron chi connectivity index (χ2n) is 30.0. The molecule has 3 aromatic carbocycles. The molecule has 3 nitrogen and oxygen atoms in total. The second kappa shape index (κ2) is 15.5. The molecule has 5 atom stereocenters. The Hall–Kier alpha value is -5.22. The molecule has 5 unspecified atom stereocenters. The summed E-state index contributed by atoms with van der Waals surface area (Å²) >= 11 is 0. The molecule has 0 spiro atoms. The molecule has 75 heavy (non-hydrogen) atoms. The fourth-order valence-corrected chi connectivity index (χ4v) is 16.8. The number of rotatable bonds is 3. The van der Waals surface area contributed by atoms with E-state index in [1.165, 1.54) is 124 Å². The zero-order valence-electron chi connectivity index (χ0n) is 48.0. The van der Waals surface area contributed by atoms with Crippen LogP contribution in [0.2, 0.25) is 0 Å². The highest BCUT2D eigenvalue weighted by Crippen LogP contribution is 2.60. The maximum atomic E-state index is 7.83. The summed E-state index contributed by atoms with van der Waals surface area (Å²) in [4.78, 5) is 5.67. The molecule has 0 N–H and O–H groups in total. The van der Waals surface area contributed by atoms with Crippen LogP contribution in [-0.4, -0.2) is 12.8 Å². The fraction of sp³-hybridized carbons (Fsp3) is 0.493. The van der Waals surface area contributed by atoms with Crippen molar-refractivity contribution in [3.63, 3.8) is 0 Å². The van der Waals surface area contributed by atoms with E-state index in [0.717, 1.165) is 17.7 Å². The van der Waals surface area contributed by atoms with Crippen LogP contribution in [0.25, 0.3) is 16.5 Å². The second-order valence-corrected chi connectivity index (χ2v) is 30.0. The molecule has 4 heteroatoms. The smallest absolute Gasteiger partial charge is 0.296 e. The number of allylic oxidation sites excluding steroid dienone is 14. The van der Waals surface area contributed by atoms with Crippen molar-refractivity contribution in [1.29, 1.82) is 0 Å². The third-order valence-corrected chi connectivity index (χ3v) is 22.3. The summed E-state index contributed by atoms with van der Waals surface area (Å²) in [7, 11) is 0. The lowest BCUT2D eigenvalue weighted by atomic mass is 9.34. The van der Waals surface area contributed by atoms with Crippen LogP contribution in [0.4, 0.5) is 22.7 Å². The van der Waals surface area contributed by atoms with Gasteiger partial charge in [-0.1, -0.05) is 170 Å². The lowest BCUT2D eigenvalue weighted by Crippen LogP contribution is -2.58. The lowest BCUT2D eigenvalue weighted by Gasteiger charge is -2.52. The average molecular weight is 991 g/mol. The number of nitrogens with zero attached hydrogens (tertiary/aromatic N) is 2. The minimum absolute atomic E-state index is 0.0463. The quantitative estimate of drug-likeness (QED) is 0.191. The van der Waals surface area contributed by atoms with E-state index in [2.05, 4.69) is 216 Å². The number of furan rings is 1. The predicted molar refractivity (Wildman–Crippen MR) is 319 cm³/mol. The van der Waals surface area contributed by atoms with Crippen LogP contribution < -0.4 is 20.9 Å². The van der Waals surface area contributed by atoms with Gasteiger partial charge in [0.05, 0.1) is 17.4 Å². The van der Waals surface area contributed by atoms with Crippen LogP contribution in [0.3, 0.4) is 0 Å². The Morgan fingerprint density at radius 2 is 1.25 bits per heavy atom. The SMILES string of the molecule is CC1C=C2C(=CC1N1C3=C(C=CC(C(C)(C)C)C3)B3c4oc5cc6c(cc5c4N(c4ccc5c(c4)C(C)(C)CCC5(C)C)c4cc(C5=CC=CC7C=CC=CC57)cc1c43)C1(C)CCC6(C)CC1)C(C)(C)CCC2(C)C. The van der Waals surface area contributed by atoms with Gasteiger partial charge >= 0.3 is 0 Å².